The zero-order chi connectivity index (χ0) is 21.7. The van der Waals surface area contributed by atoms with E-state index in [-0.39, 0.29) is 27.1 Å². The number of hydrogen-bond acceptors (Lipinski definition) is 3. The Morgan fingerprint density at radius 1 is 1.53 bits per heavy atom. The van der Waals surface area contributed by atoms with Crippen molar-refractivity contribution in [2.45, 2.75) is 6.40 Å². The summed E-state index contributed by atoms with van der Waals surface area (Å²) in [6.07, 6.45) is -0.951. The maximum Gasteiger partial charge on any atom is 0.524 e. The molecule has 0 aliphatic rings. The first-order valence-electron chi connectivity index (χ1n) is 9.62. The van der Waals surface area contributed by atoms with Gasteiger partial charge in [0.25, 0.3) is 0 Å². The SMILES string of the molecule is [2H]C(c1c[nH]c2cccc(OP(=O)(O)O)c12)C([2H])([2H])N(C([2H])([2H])[2H])C([2H])([2H])[2H]. The number of nitrogens with one attached hydrogen (secondary N) is 1. The minimum absolute atomic E-state index is 0.0780. The standard InChI is InChI=1S/C12H17N2O4P/c1-14(2)7-6-9-8-13-10-4-3-5-11(12(9)10)18-19(15,16)17/h3-5,8,13H,6-7H2,1-2H3,(H2,15,16,17)/i1D3,2D3,6D,7D2. The monoisotopic (exact) mass is 293 g/mol. The van der Waals surface area contributed by atoms with E-state index in [1.807, 2.05) is 0 Å². The van der Waals surface area contributed by atoms with E-state index in [0.717, 1.165) is 6.20 Å². The van der Waals surface area contributed by atoms with Gasteiger partial charge in [0, 0.05) is 35.9 Å². The van der Waals surface area contributed by atoms with Crippen LogP contribution in [0.4, 0.5) is 0 Å². The van der Waals surface area contributed by atoms with Crippen LogP contribution < -0.4 is 4.52 Å². The molecule has 0 radical (unpaired) electrons. The Bertz CT molecular complexity index is 891. The summed E-state index contributed by atoms with van der Waals surface area (Å²) in [4.78, 5) is 20.4. The molecule has 1 aromatic carbocycles. The molecule has 0 saturated heterocycles. The second-order valence-corrected chi connectivity index (χ2v) is 4.78. The molecule has 2 rings (SSSR count). The van der Waals surface area contributed by atoms with E-state index in [1.165, 1.54) is 18.2 Å². The minimum atomic E-state index is -4.99. The van der Waals surface area contributed by atoms with E-state index in [1.54, 1.807) is 0 Å². The molecule has 7 heteroatoms. The molecule has 0 aliphatic carbocycles. The highest BCUT2D eigenvalue weighted by molar-refractivity contribution is 7.46. The van der Waals surface area contributed by atoms with Crippen LogP contribution in [0, 0.1) is 0 Å². The summed E-state index contributed by atoms with van der Waals surface area (Å²) < 4.78 is 84.5. The van der Waals surface area contributed by atoms with Crippen molar-refractivity contribution in [1.82, 2.24) is 9.88 Å². The Labute approximate surface area is 123 Å². The van der Waals surface area contributed by atoms with Crippen molar-refractivity contribution in [3.8, 4) is 5.75 Å². The number of benzene rings is 1. The maximum atomic E-state index is 11.2. The van der Waals surface area contributed by atoms with Crippen molar-refractivity contribution in [1.29, 1.82) is 0 Å². The van der Waals surface area contributed by atoms with Crippen LogP contribution in [0.1, 0.15) is 17.9 Å². The van der Waals surface area contributed by atoms with Crippen molar-refractivity contribution >= 4 is 18.7 Å². The number of phosphoric acid groups is 1. The van der Waals surface area contributed by atoms with Gasteiger partial charge < -0.3 is 14.4 Å². The Morgan fingerprint density at radius 2 is 2.32 bits per heavy atom. The molecule has 6 nitrogen and oxygen atoms in total. The van der Waals surface area contributed by atoms with Crippen LogP contribution in [0.2, 0.25) is 0 Å². The zero-order valence-corrected chi connectivity index (χ0v) is 10.4. The van der Waals surface area contributed by atoms with Crippen LogP contribution in [-0.4, -0.2) is 40.1 Å². The fourth-order valence-corrected chi connectivity index (χ4v) is 2.04. The lowest BCUT2D eigenvalue weighted by Crippen LogP contribution is -2.14. The number of fused-ring (bicyclic) bond motifs is 1. The number of phosphoric ester groups is 1. The summed E-state index contributed by atoms with van der Waals surface area (Å²) >= 11 is 0. The van der Waals surface area contributed by atoms with E-state index >= 15 is 0 Å². The molecule has 0 saturated carbocycles. The maximum absolute atomic E-state index is 11.2. The highest BCUT2D eigenvalue weighted by Crippen LogP contribution is 2.41. The van der Waals surface area contributed by atoms with E-state index in [9.17, 15) is 4.57 Å². The Kier molecular flexibility index (Phi) is 1.80. The average molecular weight is 293 g/mol. The number of rotatable bonds is 5. The molecular weight excluding hydrogens is 267 g/mol. The number of H-pyrrole nitrogens is 1. The lowest BCUT2D eigenvalue weighted by molar-refractivity contribution is 0.284. The first-order valence-corrected chi connectivity index (χ1v) is 6.57. The van der Waals surface area contributed by atoms with Crippen LogP contribution in [0.5, 0.6) is 5.75 Å². The van der Waals surface area contributed by atoms with Gasteiger partial charge in [-0.05, 0) is 38.0 Å². The van der Waals surface area contributed by atoms with E-state index in [2.05, 4.69) is 9.51 Å². The normalized spacial score (nSPS) is 23.0. The fraction of sp³-hybridized carbons (Fsp3) is 0.333. The van der Waals surface area contributed by atoms with Crippen molar-refractivity contribution in [3.63, 3.8) is 0 Å². The number of aromatic nitrogens is 1. The molecule has 0 spiro atoms. The molecule has 1 aromatic heterocycles. The number of likely N-dealkylation sites (N-methyl/N-ethyl adjacent to an activating group) is 1. The molecule has 3 N–H and O–H groups in total. The molecule has 0 fully saturated rings. The van der Waals surface area contributed by atoms with Crippen LogP contribution in [0.3, 0.4) is 0 Å². The third kappa shape index (κ3) is 3.58. The van der Waals surface area contributed by atoms with Crippen molar-refractivity contribution in [3.05, 3.63) is 30.0 Å². The number of aromatic amines is 1. The van der Waals surface area contributed by atoms with Crippen molar-refractivity contribution in [2.24, 2.45) is 0 Å². The number of nitrogens with zero attached hydrogens (tertiary/aromatic N) is 1. The third-order valence-electron chi connectivity index (χ3n) is 2.26. The summed E-state index contributed by atoms with van der Waals surface area (Å²) in [7, 11) is -4.99. The number of aryl methyl sites for hydroxylation is 1. The van der Waals surface area contributed by atoms with Gasteiger partial charge in [-0.3, -0.25) is 9.79 Å². The van der Waals surface area contributed by atoms with Gasteiger partial charge in [-0.2, -0.15) is 0 Å². The van der Waals surface area contributed by atoms with Gasteiger partial charge >= 0.3 is 7.82 Å². The second-order valence-electron chi connectivity index (χ2n) is 3.61. The van der Waals surface area contributed by atoms with Crippen LogP contribution in [0.25, 0.3) is 10.9 Å². The van der Waals surface area contributed by atoms with E-state index < -0.39 is 34.7 Å². The van der Waals surface area contributed by atoms with Gasteiger partial charge in [0.1, 0.15) is 5.75 Å². The quantitative estimate of drug-likeness (QED) is 0.731. The first-order chi connectivity index (χ1) is 12.5. The Hall–Kier alpha value is -1.33. The van der Waals surface area contributed by atoms with Gasteiger partial charge in [0.05, 0.1) is 0 Å². The average Bonchev–Trinajstić information content (AvgIpc) is 2.85. The molecule has 104 valence electrons. The largest absolute Gasteiger partial charge is 0.524 e. The molecule has 0 aliphatic heterocycles. The molecule has 1 atom stereocenters. The fourth-order valence-electron chi connectivity index (χ4n) is 1.63. The van der Waals surface area contributed by atoms with Gasteiger partial charge in [0.15, 0.2) is 0 Å². The second kappa shape index (κ2) is 5.35. The number of hydrogen-bond donors (Lipinski definition) is 3. The first kappa shape index (κ1) is 6.41. The predicted molar refractivity (Wildman–Crippen MR) is 73.2 cm³/mol. The van der Waals surface area contributed by atoms with Gasteiger partial charge in [-0.15, -0.1) is 0 Å². The molecule has 1 unspecified atom stereocenters. The summed E-state index contributed by atoms with van der Waals surface area (Å²) in [5.74, 6) is -0.371. The van der Waals surface area contributed by atoms with Gasteiger partial charge in [-0.1, -0.05) is 6.07 Å². The third-order valence-corrected chi connectivity index (χ3v) is 2.70. The smallest absolute Gasteiger partial charge is 0.404 e. The predicted octanol–water partition coefficient (Wildman–Crippen LogP) is 1.74. The lowest BCUT2D eigenvalue weighted by atomic mass is 10.1. The summed E-state index contributed by atoms with van der Waals surface area (Å²) in [6, 6.07) is 4.02. The Morgan fingerprint density at radius 3 is 3.00 bits per heavy atom. The zero-order valence-electron chi connectivity index (χ0n) is 18.5. The molecule has 2 aromatic rings. The van der Waals surface area contributed by atoms with Crippen LogP contribution >= 0.6 is 7.82 Å². The van der Waals surface area contributed by atoms with Crippen molar-refractivity contribution in [2.75, 3.05) is 20.4 Å². The molecule has 19 heavy (non-hydrogen) atoms. The van der Waals surface area contributed by atoms with Gasteiger partial charge in [-0.25, -0.2) is 4.57 Å². The minimum Gasteiger partial charge on any atom is -0.404 e. The molecule has 0 amide bonds. The van der Waals surface area contributed by atoms with Crippen molar-refractivity contribution < 1.29 is 31.2 Å². The summed E-state index contributed by atoms with van der Waals surface area (Å²) in [5, 5.41) is -0.0780. The summed E-state index contributed by atoms with van der Waals surface area (Å²) in [6.45, 7) is -9.97. The summed E-state index contributed by atoms with van der Waals surface area (Å²) in [5.41, 5.74) is -0.00846. The highest BCUT2D eigenvalue weighted by atomic mass is 31.2. The highest BCUT2D eigenvalue weighted by Gasteiger charge is 2.19. The molecular formula is C12H17N2O4P. The van der Waals surface area contributed by atoms with Crippen LogP contribution in [0.15, 0.2) is 24.4 Å². The van der Waals surface area contributed by atoms with Crippen LogP contribution in [-0.2, 0) is 11.0 Å². The molecule has 1 heterocycles. The topological polar surface area (TPSA) is 85.8 Å². The van der Waals surface area contributed by atoms with Gasteiger partial charge in [0.2, 0.25) is 0 Å². The van der Waals surface area contributed by atoms with E-state index in [0.29, 0.717) is 0 Å². The van der Waals surface area contributed by atoms with E-state index in [4.69, 9.17) is 22.1 Å². The Balaban J connectivity index is 2.64. The lowest BCUT2D eigenvalue weighted by Gasteiger charge is -2.11. The molecule has 0 bridgehead atoms.